The predicted molar refractivity (Wildman–Crippen MR) is 99.7 cm³/mol. The second-order valence-electron chi connectivity index (χ2n) is 7.50. The quantitative estimate of drug-likeness (QED) is 0.855. The van der Waals surface area contributed by atoms with E-state index < -0.39 is 15.4 Å². The number of carbonyl (C=O) groups excluding carboxylic acids is 1. The zero-order chi connectivity index (χ0) is 18.1. The summed E-state index contributed by atoms with van der Waals surface area (Å²) in [5.74, 6) is 0.134. The maximum atomic E-state index is 12.3. The smallest absolute Gasteiger partial charge is 0.234 e. The van der Waals surface area contributed by atoms with E-state index >= 15 is 0 Å². The number of nitrogens with one attached hydrogen (secondary N) is 1. The van der Waals surface area contributed by atoms with Crippen molar-refractivity contribution in [2.24, 2.45) is 0 Å². The Morgan fingerprint density at radius 3 is 2.48 bits per heavy atom. The van der Waals surface area contributed by atoms with Gasteiger partial charge in [0.05, 0.1) is 23.6 Å². The van der Waals surface area contributed by atoms with Gasteiger partial charge in [-0.2, -0.15) is 0 Å². The number of amides is 1. The van der Waals surface area contributed by atoms with Crippen LogP contribution in [0.3, 0.4) is 0 Å². The Balaban J connectivity index is 1.49. The summed E-state index contributed by atoms with van der Waals surface area (Å²) in [6.07, 6.45) is 0.502. The first kappa shape index (κ1) is 18.2. The molecule has 2 saturated heterocycles. The molecule has 25 heavy (non-hydrogen) atoms. The lowest BCUT2D eigenvalue weighted by Gasteiger charge is -2.37. The van der Waals surface area contributed by atoms with Crippen LogP contribution in [0.2, 0.25) is 0 Å². The Bertz CT molecular complexity index is 742. The molecule has 0 unspecified atom stereocenters. The van der Waals surface area contributed by atoms with E-state index in [-0.39, 0.29) is 17.4 Å². The van der Waals surface area contributed by atoms with Crippen LogP contribution in [0, 0.1) is 6.92 Å². The topological polar surface area (TPSA) is 69.7 Å². The molecule has 1 aromatic rings. The highest BCUT2D eigenvalue weighted by Crippen LogP contribution is 2.23. The van der Waals surface area contributed by atoms with Crippen LogP contribution in [-0.4, -0.2) is 69.0 Å². The number of anilines is 1. The first-order chi connectivity index (χ1) is 11.8. The number of benzene rings is 1. The summed E-state index contributed by atoms with van der Waals surface area (Å²) < 4.78 is 23.3. The molecule has 0 radical (unpaired) electrons. The van der Waals surface area contributed by atoms with Crippen LogP contribution >= 0.6 is 0 Å². The average Bonchev–Trinajstić information content (AvgIpc) is 2.81. The zero-order valence-corrected chi connectivity index (χ0v) is 15.8. The van der Waals surface area contributed by atoms with Gasteiger partial charge in [0.2, 0.25) is 5.91 Å². The minimum atomic E-state index is -3.01. The van der Waals surface area contributed by atoms with Crippen molar-refractivity contribution in [3.63, 3.8) is 0 Å². The summed E-state index contributed by atoms with van der Waals surface area (Å²) in [5.41, 5.74) is 1.91. The number of carbonyl (C=O) groups is 1. The van der Waals surface area contributed by atoms with Crippen LogP contribution in [0.1, 0.15) is 18.9 Å². The fraction of sp³-hybridized carbons (Fsp3) is 0.611. The van der Waals surface area contributed by atoms with E-state index in [2.05, 4.69) is 40.2 Å². The molecule has 1 aromatic carbocycles. The minimum Gasteiger partial charge on any atom is -0.369 e. The van der Waals surface area contributed by atoms with E-state index in [1.807, 2.05) is 13.0 Å². The third-order valence-electron chi connectivity index (χ3n) is 5.14. The van der Waals surface area contributed by atoms with E-state index in [9.17, 15) is 13.2 Å². The van der Waals surface area contributed by atoms with Gasteiger partial charge in [-0.05, 0) is 31.9 Å². The Morgan fingerprint density at radius 1 is 1.20 bits per heavy atom. The largest absolute Gasteiger partial charge is 0.369 e. The van der Waals surface area contributed by atoms with Crippen LogP contribution in [0.15, 0.2) is 24.3 Å². The lowest BCUT2D eigenvalue weighted by molar-refractivity contribution is -0.123. The summed E-state index contributed by atoms with van der Waals surface area (Å²) in [5, 5.41) is 2.94. The molecule has 3 rings (SSSR count). The number of sulfone groups is 1. The van der Waals surface area contributed by atoms with E-state index in [1.54, 1.807) is 0 Å². The Hall–Kier alpha value is -1.60. The first-order valence-electron chi connectivity index (χ1n) is 8.81. The molecule has 2 fully saturated rings. The highest BCUT2D eigenvalue weighted by molar-refractivity contribution is 7.91. The molecule has 0 bridgehead atoms. The number of aryl methyl sites for hydroxylation is 1. The van der Waals surface area contributed by atoms with E-state index in [1.165, 1.54) is 11.3 Å². The van der Waals surface area contributed by atoms with Gasteiger partial charge in [-0.15, -0.1) is 0 Å². The monoisotopic (exact) mass is 365 g/mol. The molecule has 2 aliphatic heterocycles. The highest BCUT2D eigenvalue weighted by Gasteiger charge is 2.39. The van der Waals surface area contributed by atoms with Crippen LogP contribution < -0.4 is 10.2 Å². The van der Waals surface area contributed by atoms with Crippen molar-refractivity contribution in [2.45, 2.75) is 25.8 Å². The Labute approximate surface area is 150 Å². The van der Waals surface area contributed by atoms with Gasteiger partial charge in [0, 0.05) is 31.9 Å². The van der Waals surface area contributed by atoms with Gasteiger partial charge in [0.25, 0.3) is 0 Å². The fourth-order valence-electron chi connectivity index (χ4n) is 3.75. The normalized spacial score (nSPS) is 26.6. The van der Waals surface area contributed by atoms with Crippen LogP contribution in [-0.2, 0) is 14.6 Å². The molecule has 2 aliphatic rings. The number of hydrogen-bond acceptors (Lipinski definition) is 5. The number of para-hydroxylation sites is 1. The SMILES string of the molecule is Cc1ccccc1N1CCN(CC(=O)N[C@@]2(C)CCS(=O)(=O)C2)CC1. The van der Waals surface area contributed by atoms with Gasteiger partial charge in [0.15, 0.2) is 9.84 Å². The van der Waals surface area contributed by atoms with Crippen molar-refractivity contribution in [3.05, 3.63) is 29.8 Å². The van der Waals surface area contributed by atoms with Gasteiger partial charge in [0.1, 0.15) is 0 Å². The van der Waals surface area contributed by atoms with Crippen molar-refractivity contribution < 1.29 is 13.2 Å². The molecule has 6 nitrogen and oxygen atoms in total. The van der Waals surface area contributed by atoms with Crippen LogP contribution in [0.4, 0.5) is 5.69 Å². The molecule has 0 aromatic heterocycles. The molecule has 2 heterocycles. The van der Waals surface area contributed by atoms with Gasteiger partial charge in [-0.25, -0.2) is 8.42 Å². The third-order valence-corrected chi connectivity index (χ3v) is 7.04. The van der Waals surface area contributed by atoms with Gasteiger partial charge >= 0.3 is 0 Å². The summed E-state index contributed by atoms with van der Waals surface area (Å²) in [6.45, 7) is 7.72. The summed E-state index contributed by atoms with van der Waals surface area (Å²) >= 11 is 0. The molecular weight excluding hydrogens is 338 g/mol. The second-order valence-corrected chi connectivity index (χ2v) is 9.68. The summed E-state index contributed by atoms with van der Waals surface area (Å²) in [6, 6.07) is 8.35. The van der Waals surface area contributed by atoms with Gasteiger partial charge in [-0.3, -0.25) is 9.69 Å². The van der Waals surface area contributed by atoms with Crippen molar-refractivity contribution >= 4 is 21.4 Å². The molecule has 1 N–H and O–H groups in total. The molecule has 0 saturated carbocycles. The number of piperazine rings is 1. The van der Waals surface area contributed by atoms with E-state index in [4.69, 9.17) is 0 Å². The zero-order valence-electron chi connectivity index (χ0n) is 15.0. The number of nitrogens with zero attached hydrogens (tertiary/aromatic N) is 2. The minimum absolute atomic E-state index is 0.0484. The summed E-state index contributed by atoms with van der Waals surface area (Å²) in [7, 11) is -3.01. The molecule has 7 heteroatoms. The summed E-state index contributed by atoms with van der Waals surface area (Å²) in [4.78, 5) is 16.8. The van der Waals surface area contributed by atoms with Crippen molar-refractivity contribution in [1.82, 2.24) is 10.2 Å². The third kappa shape index (κ3) is 4.52. The molecule has 0 spiro atoms. The van der Waals surface area contributed by atoms with Crippen LogP contribution in [0.25, 0.3) is 0 Å². The van der Waals surface area contributed by atoms with E-state index in [0.717, 1.165) is 26.2 Å². The van der Waals surface area contributed by atoms with Crippen LogP contribution in [0.5, 0.6) is 0 Å². The molecular formula is C18H27N3O3S. The molecule has 0 aliphatic carbocycles. The maximum Gasteiger partial charge on any atom is 0.234 e. The lowest BCUT2D eigenvalue weighted by Crippen LogP contribution is -2.53. The molecule has 1 atom stereocenters. The predicted octanol–water partition coefficient (Wildman–Crippen LogP) is 0.810. The lowest BCUT2D eigenvalue weighted by atomic mass is 10.0. The average molecular weight is 365 g/mol. The fourth-order valence-corrected chi connectivity index (χ4v) is 5.85. The molecule has 138 valence electrons. The standard InChI is InChI=1S/C18H27N3O3S/c1-15-5-3-4-6-16(15)21-10-8-20(9-11-21)13-17(22)19-18(2)7-12-25(23,24)14-18/h3-6H,7-14H2,1-2H3,(H,19,22)/t18-/m0/s1. The van der Waals surface area contributed by atoms with Gasteiger partial charge in [-0.1, -0.05) is 18.2 Å². The van der Waals surface area contributed by atoms with Crippen molar-refractivity contribution in [2.75, 3.05) is 49.1 Å². The maximum absolute atomic E-state index is 12.3. The highest BCUT2D eigenvalue weighted by atomic mass is 32.2. The first-order valence-corrected chi connectivity index (χ1v) is 10.6. The number of hydrogen-bond donors (Lipinski definition) is 1. The number of rotatable bonds is 4. The van der Waals surface area contributed by atoms with Gasteiger partial charge < -0.3 is 10.2 Å². The second kappa shape index (κ2) is 6.96. The Morgan fingerprint density at radius 2 is 1.88 bits per heavy atom. The van der Waals surface area contributed by atoms with Crippen molar-refractivity contribution in [3.8, 4) is 0 Å². The van der Waals surface area contributed by atoms with Crippen molar-refractivity contribution in [1.29, 1.82) is 0 Å². The molecule has 1 amide bonds. The van der Waals surface area contributed by atoms with E-state index in [0.29, 0.717) is 13.0 Å². The Kier molecular flexibility index (Phi) is 5.06.